The first-order valence-corrected chi connectivity index (χ1v) is 4.56. The molecule has 0 aliphatic rings. The van der Waals surface area contributed by atoms with E-state index in [1.807, 2.05) is 6.08 Å². The maximum absolute atomic E-state index is 3.77. The molecular formula is C12H20. The van der Waals surface area contributed by atoms with Crippen molar-refractivity contribution in [1.29, 1.82) is 0 Å². The highest BCUT2D eigenvalue weighted by Gasteiger charge is 2.03. The zero-order valence-electron chi connectivity index (χ0n) is 8.72. The van der Waals surface area contributed by atoms with Gasteiger partial charge in [-0.3, -0.25) is 0 Å². The Morgan fingerprint density at radius 2 is 2.00 bits per heavy atom. The van der Waals surface area contributed by atoms with Crippen molar-refractivity contribution in [2.24, 2.45) is 5.92 Å². The second-order valence-electron chi connectivity index (χ2n) is 3.36. The van der Waals surface area contributed by atoms with Gasteiger partial charge in [-0.1, -0.05) is 43.2 Å². The van der Waals surface area contributed by atoms with Crippen LogP contribution in [0.15, 0.2) is 36.0 Å². The molecule has 0 amide bonds. The van der Waals surface area contributed by atoms with Gasteiger partial charge in [0.1, 0.15) is 0 Å². The van der Waals surface area contributed by atoms with Crippen LogP contribution in [0.25, 0.3) is 0 Å². The van der Waals surface area contributed by atoms with E-state index in [-0.39, 0.29) is 0 Å². The third kappa shape index (κ3) is 3.56. The average Bonchev–Trinajstić information content (AvgIpc) is 1.99. The molecular weight excluding hydrogens is 144 g/mol. The fourth-order valence-corrected chi connectivity index (χ4v) is 1.36. The zero-order valence-corrected chi connectivity index (χ0v) is 8.72. The van der Waals surface area contributed by atoms with E-state index in [1.165, 1.54) is 11.1 Å². The average molecular weight is 164 g/mol. The van der Waals surface area contributed by atoms with Gasteiger partial charge >= 0.3 is 0 Å². The number of hydrogen-bond acceptors (Lipinski definition) is 0. The molecule has 0 nitrogen and oxygen atoms in total. The zero-order chi connectivity index (χ0) is 9.56. The smallest absolute Gasteiger partial charge is 0.0133 e. The molecule has 0 N–H and O–H groups in total. The van der Waals surface area contributed by atoms with Gasteiger partial charge in [0.15, 0.2) is 0 Å². The van der Waals surface area contributed by atoms with Crippen LogP contribution in [0.3, 0.4) is 0 Å². The van der Waals surface area contributed by atoms with Crippen LogP contribution in [-0.4, -0.2) is 0 Å². The molecule has 0 aromatic rings. The van der Waals surface area contributed by atoms with Gasteiger partial charge in [-0.25, -0.2) is 0 Å². The van der Waals surface area contributed by atoms with E-state index in [1.54, 1.807) is 0 Å². The lowest BCUT2D eigenvalue weighted by atomic mass is 9.95. The molecule has 0 fully saturated rings. The van der Waals surface area contributed by atoms with Crippen LogP contribution in [-0.2, 0) is 0 Å². The maximum atomic E-state index is 3.77. The summed E-state index contributed by atoms with van der Waals surface area (Å²) in [5.41, 5.74) is 2.87. The van der Waals surface area contributed by atoms with Gasteiger partial charge in [0.05, 0.1) is 0 Å². The topological polar surface area (TPSA) is 0 Å². The van der Waals surface area contributed by atoms with Crippen molar-refractivity contribution < 1.29 is 0 Å². The molecule has 0 aliphatic carbocycles. The van der Waals surface area contributed by atoms with Gasteiger partial charge in [-0.15, -0.1) is 6.58 Å². The van der Waals surface area contributed by atoms with E-state index < -0.39 is 0 Å². The van der Waals surface area contributed by atoms with Crippen LogP contribution >= 0.6 is 0 Å². The lowest BCUT2D eigenvalue weighted by Gasteiger charge is -2.11. The van der Waals surface area contributed by atoms with Crippen molar-refractivity contribution in [3.63, 3.8) is 0 Å². The minimum Gasteiger partial charge on any atom is -0.103 e. The van der Waals surface area contributed by atoms with Crippen LogP contribution in [0.5, 0.6) is 0 Å². The van der Waals surface area contributed by atoms with Crippen molar-refractivity contribution in [2.75, 3.05) is 0 Å². The first-order chi connectivity index (χ1) is 5.63. The van der Waals surface area contributed by atoms with Crippen molar-refractivity contribution >= 4 is 0 Å². The summed E-state index contributed by atoms with van der Waals surface area (Å²) in [7, 11) is 0. The molecule has 0 rings (SSSR count). The fourth-order valence-electron chi connectivity index (χ4n) is 1.36. The molecule has 0 aromatic heterocycles. The highest BCUT2D eigenvalue weighted by Crippen LogP contribution is 2.19. The second-order valence-corrected chi connectivity index (χ2v) is 3.36. The lowest BCUT2D eigenvalue weighted by molar-refractivity contribution is 0.738. The Balaban J connectivity index is 4.65. The molecule has 0 atom stereocenters. The van der Waals surface area contributed by atoms with E-state index in [0.717, 1.165) is 6.42 Å². The minimum atomic E-state index is 0.624. The predicted octanol–water partition coefficient (Wildman–Crippen LogP) is 4.11. The minimum absolute atomic E-state index is 0.624. The largest absolute Gasteiger partial charge is 0.103 e. The molecule has 12 heavy (non-hydrogen) atoms. The van der Waals surface area contributed by atoms with E-state index in [4.69, 9.17) is 0 Å². The molecule has 0 unspecified atom stereocenters. The third-order valence-corrected chi connectivity index (χ3v) is 1.98. The normalized spacial score (nSPS) is 13.8. The predicted molar refractivity (Wildman–Crippen MR) is 57.2 cm³/mol. The molecule has 0 bridgehead atoms. The summed E-state index contributed by atoms with van der Waals surface area (Å²) in [4.78, 5) is 0. The lowest BCUT2D eigenvalue weighted by Crippen LogP contribution is -1.95. The van der Waals surface area contributed by atoms with Gasteiger partial charge in [0, 0.05) is 0 Å². The standard InChI is InChI=1S/C12H20/c1-6-8-11(5)12(9-7-2)10(3)4/h6-8,10H,2,9H2,1,3-5H3/b8-6+,12-11+. The highest BCUT2D eigenvalue weighted by molar-refractivity contribution is 5.26. The van der Waals surface area contributed by atoms with Crippen molar-refractivity contribution in [3.05, 3.63) is 36.0 Å². The molecule has 0 saturated heterocycles. The number of hydrogen-bond donors (Lipinski definition) is 0. The molecule has 0 radical (unpaired) electrons. The van der Waals surface area contributed by atoms with Crippen LogP contribution in [0.4, 0.5) is 0 Å². The summed E-state index contributed by atoms with van der Waals surface area (Å²) >= 11 is 0. The van der Waals surface area contributed by atoms with Gasteiger partial charge in [0.2, 0.25) is 0 Å². The summed E-state index contributed by atoms with van der Waals surface area (Å²) in [5, 5.41) is 0. The van der Waals surface area contributed by atoms with Gasteiger partial charge in [-0.2, -0.15) is 0 Å². The SMILES string of the molecule is C=CC/C(=C(C)\C=C\C)C(C)C. The molecule has 0 saturated carbocycles. The van der Waals surface area contributed by atoms with Crippen LogP contribution in [0, 0.1) is 5.92 Å². The van der Waals surface area contributed by atoms with E-state index in [2.05, 4.69) is 46.4 Å². The summed E-state index contributed by atoms with van der Waals surface area (Å²) in [5.74, 6) is 0.624. The fraction of sp³-hybridized carbons (Fsp3) is 0.500. The summed E-state index contributed by atoms with van der Waals surface area (Å²) < 4.78 is 0. The Hall–Kier alpha value is -0.780. The molecule has 0 heteroatoms. The van der Waals surface area contributed by atoms with Crippen LogP contribution in [0.1, 0.15) is 34.1 Å². The quantitative estimate of drug-likeness (QED) is 0.433. The molecule has 0 spiro atoms. The van der Waals surface area contributed by atoms with Gasteiger partial charge in [-0.05, 0) is 26.2 Å². The Bertz CT molecular complexity index is 192. The van der Waals surface area contributed by atoms with Gasteiger partial charge < -0.3 is 0 Å². The Morgan fingerprint density at radius 1 is 1.42 bits per heavy atom. The molecule has 68 valence electrons. The summed E-state index contributed by atoms with van der Waals surface area (Å²) in [6.07, 6.45) is 7.23. The number of rotatable bonds is 4. The maximum Gasteiger partial charge on any atom is -0.0133 e. The Labute approximate surface area is 76.7 Å². The molecule has 0 aromatic carbocycles. The second kappa shape index (κ2) is 5.82. The van der Waals surface area contributed by atoms with Crippen molar-refractivity contribution in [2.45, 2.75) is 34.1 Å². The number of allylic oxidation sites excluding steroid dienone is 5. The summed E-state index contributed by atoms with van der Waals surface area (Å²) in [6.45, 7) is 12.4. The van der Waals surface area contributed by atoms with Gasteiger partial charge in [0.25, 0.3) is 0 Å². The highest BCUT2D eigenvalue weighted by atomic mass is 14.1. The molecule has 0 aliphatic heterocycles. The Kier molecular flexibility index (Phi) is 5.44. The summed E-state index contributed by atoms with van der Waals surface area (Å²) in [6, 6.07) is 0. The van der Waals surface area contributed by atoms with Crippen LogP contribution < -0.4 is 0 Å². The first kappa shape index (κ1) is 11.2. The Morgan fingerprint density at radius 3 is 2.33 bits per heavy atom. The van der Waals surface area contributed by atoms with Crippen molar-refractivity contribution in [1.82, 2.24) is 0 Å². The van der Waals surface area contributed by atoms with E-state index >= 15 is 0 Å². The first-order valence-electron chi connectivity index (χ1n) is 4.56. The third-order valence-electron chi connectivity index (χ3n) is 1.98. The van der Waals surface area contributed by atoms with E-state index in [9.17, 15) is 0 Å². The van der Waals surface area contributed by atoms with Crippen LogP contribution in [0.2, 0.25) is 0 Å². The van der Waals surface area contributed by atoms with E-state index in [0.29, 0.717) is 5.92 Å². The monoisotopic (exact) mass is 164 g/mol. The molecule has 0 heterocycles. The van der Waals surface area contributed by atoms with Crippen molar-refractivity contribution in [3.8, 4) is 0 Å².